The summed E-state index contributed by atoms with van der Waals surface area (Å²) in [7, 11) is 0. The highest BCUT2D eigenvalue weighted by atomic mass is 19.2. The van der Waals surface area contributed by atoms with E-state index in [-0.39, 0.29) is 0 Å². The van der Waals surface area contributed by atoms with Crippen molar-refractivity contribution in [1.29, 1.82) is 0 Å². The van der Waals surface area contributed by atoms with Gasteiger partial charge in [-0.2, -0.15) is 0 Å². The molecular formula is C12H15F3N2. The number of likely N-dealkylation sites (N-methyl/N-ethyl adjacent to an activating group) is 1. The first-order chi connectivity index (χ1) is 8.11. The summed E-state index contributed by atoms with van der Waals surface area (Å²) >= 11 is 0. The van der Waals surface area contributed by atoms with Gasteiger partial charge < -0.3 is 5.32 Å². The Kier molecular flexibility index (Phi) is 3.69. The van der Waals surface area contributed by atoms with E-state index in [1.54, 1.807) is 0 Å². The van der Waals surface area contributed by atoms with Gasteiger partial charge in [-0.05, 0) is 24.2 Å². The molecule has 0 spiro atoms. The molecule has 0 saturated carbocycles. The van der Waals surface area contributed by atoms with E-state index in [9.17, 15) is 13.2 Å². The first-order valence-electron chi connectivity index (χ1n) is 5.70. The van der Waals surface area contributed by atoms with Crippen LogP contribution in [0.3, 0.4) is 0 Å². The summed E-state index contributed by atoms with van der Waals surface area (Å²) in [5.74, 6) is -3.65. The predicted octanol–water partition coefficient (Wildman–Crippen LogP) is 1.90. The molecule has 2 rings (SSSR count). The van der Waals surface area contributed by atoms with Crippen LogP contribution in [0.5, 0.6) is 0 Å². The standard InChI is InChI=1S/C12H15F3N2/c1-2-17(9-5-16-6-9)7-8-3-10(13)12(15)11(14)4-8/h3-4,9,16H,2,5-7H2,1H3. The average Bonchev–Trinajstić information content (AvgIpc) is 2.22. The Morgan fingerprint density at radius 2 is 1.82 bits per heavy atom. The quantitative estimate of drug-likeness (QED) is 0.814. The fourth-order valence-electron chi connectivity index (χ4n) is 1.96. The molecule has 1 N–H and O–H groups in total. The predicted molar refractivity (Wildman–Crippen MR) is 59.1 cm³/mol. The maximum atomic E-state index is 13.0. The van der Waals surface area contributed by atoms with Crippen LogP contribution in [0.1, 0.15) is 12.5 Å². The molecular weight excluding hydrogens is 229 g/mol. The monoisotopic (exact) mass is 244 g/mol. The lowest BCUT2D eigenvalue weighted by molar-refractivity contribution is 0.145. The van der Waals surface area contributed by atoms with Crippen LogP contribution in [0.15, 0.2) is 12.1 Å². The highest BCUT2D eigenvalue weighted by molar-refractivity contribution is 5.19. The smallest absolute Gasteiger partial charge is 0.194 e. The van der Waals surface area contributed by atoms with Gasteiger partial charge in [-0.15, -0.1) is 0 Å². The van der Waals surface area contributed by atoms with Gasteiger partial charge in [0, 0.05) is 25.7 Å². The summed E-state index contributed by atoms with van der Waals surface area (Å²) in [6.45, 7) is 5.01. The fraction of sp³-hybridized carbons (Fsp3) is 0.500. The second-order valence-electron chi connectivity index (χ2n) is 4.25. The molecule has 1 heterocycles. The summed E-state index contributed by atoms with van der Waals surface area (Å²) in [6.07, 6.45) is 0. The molecule has 0 aromatic heterocycles. The highest BCUT2D eigenvalue weighted by Crippen LogP contribution is 2.17. The normalized spacial score (nSPS) is 16.3. The van der Waals surface area contributed by atoms with Crippen molar-refractivity contribution >= 4 is 0 Å². The Morgan fingerprint density at radius 1 is 1.24 bits per heavy atom. The molecule has 0 unspecified atom stereocenters. The number of rotatable bonds is 4. The van der Waals surface area contributed by atoms with Crippen molar-refractivity contribution in [2.24, 2.45) is 0 Å². The van der Waals surface area contributed by atoms with Gasteiger partial charge in [-0.1, -0.05) is 6.92 Å². The molecule has 5 heteroatoms. The summed E-state index contributed by atoms with van der Waals surface area (Å²) in [5, 5.41) is 3.14. The van der Waals surface area contributed by atoms with Crippen molar-refractivity contribution < 1.29 is 13.2 Å². The van der Waals surface area contributed by atoms with Crippen LogP contribution in [0, 0.1) is 17.5 Å². The first kappa shape index (κ1) is 12.4. The molecule has 1 aromatic carbocycles. The van der Waals surface area contributed by atoms with E-state index < -0.39 is 17.5 Å². The van der Waals surface area contributed by atoms with E-state index in [2.05, 4.69) is 10.2 Å². The third-order valence-corrected chi connectivity index (χ3v) is 3.11. The largest absolute Gasteiger partial charge is 0.314 e. The number of hydrogen-bond acceptors (Lipinski definition) is 2. The zero-order valence-corrected chi connectivity index (χ0v) is 9.64. The zero-order valence-electron chi connectivity index (χ0n) is 9.64. The maximum Gasteiger partial charge on any atom is 0.194 e. The molecule has 1 aromatic rings. The minimum Gasteiger partial charge on any atom is -0.314 e. The lowest BCUT2D eigenvalue weighted by atomic mass is 10.1. The van der Waals surface area contributed by atoms with Crippen molar-refractivity contribution in [2.45, 2.75) is 19.5 Å². The molecule has 0 atom stereocenters. The van der Waals surface area contributed by atoms with Crippen molar-refractivity contribution in [3.63, 3.8) is 0 Å². The molecule has 1 saturated heterocycles. The molecule has 0 bridgehead atoms. The molecule has 1 aliphatic rings. The molecule has 17 heavy (non-hydrogen) atoms. The second-order valence-corrected chi connectivity index (χ2v) is 4.25. The van der Waals surface area contributed by atoms with E-state index >= 15 is 0 Å². The van der Waals surface area contributed by atoms with Crippen molar-refractivity contribution in [3.8, 4) is 0 Å². The molecule has 1 aliphatic heterocycles. The SMILES string of the molecule is CCN(Cc1cc(F)c(F)c(F)c1)C1CNC1. The molecule has 0 aliphatic carbocycles. The maximum absolute atomic E-state index is 13.0. The molecule has 0 radical (unpaired) electrons. The Bertz CT molecular complexity index is 382. The van der Waals surface area contributed by atoms with Gasteiger partial charge in [0.25, 0.3) is 0 Å². The second kappa shape index (κ2) is 5.06. The molecule has 1 fully saturated rings. The van der Waals surface area contributed by atoms with E-state index in [1.807, 2.05) is 6.92 Å². The third-order valence-electron chi connectivity index (χ3n) is 3.11. The Labute approximate surface area is 98.4 Å². The van der Waals surface area contributed by atoms with Gasteiger partial charge >= 0.3 is 0 Å². The van der Waals surface area contributed by atoms with Crippen LogP contribution >= 0.6 is 0 Å². The van der Waals surface area contributed by atoms with Gasteiger partial charge in [0.05, 0.1) is 0 Å². The van der Waals surface area contributed by atoms with Gasteiger partial charge in [-0.25, -0.2) is 13.2 Å². The lowest BCUT2D eigenvalue weighted by Gasteiger charge is -2.37. The first-order valence-corrected chi connectivity index (χ1v) is 5.70. The third kappa shape index (κ3) is 2.61. The Balaban J connectivity index is 2.11. The Morgan fingerprint density at radius 3 is 2.24 bits per heavy atom. The van der Waals surface area contributed by atoms with Gasteiger partial charge in [-0.3, -0.25) is 4.90 Å². The van der Waals surface area contributed by atoms with E-state index in [0.29, 0.717) is 18.2 Å². The van der Waals surface area contributed by atoms with Gasteiger partial charge in [0.1, 0.15) is 0 Å². The number of nitrogens with zero attached hydrogens (tertiary/aromatic N) is 1. The zero-order chi connectivity index (χ0) is 12.4. The lowest BCUT2D eigenvalue weighted by Crippen LogP contribution is -2.56. The van der Waals surface area contributed by atoms with Gasteiger partial charge in [0.15, 0.2) is 17.5 Å². The molecule has 2 nitrogen and oxygen atoms in total. The summed E-state index contributed by atoms with van der Waals surface area (Å²) in [4.78, 5) is 2.11. The van der Waals surface area contributed by atoms with Crippen LogP contribution < -0.4 is 5.32 Å². The van der Waals surface area contributed by atoms with E-state index in [0.717, 1.165) is 31.8 Å². The van der Waals surface area contributed by atoms with Crippen molar-refractivity contribution in [1.82, 2.24) is 10.2 Å². The summed E-state index contributed by atoms with van der Waals surface area (Å²) in [5.41, 5.74) is 0.468. The number of nitrogens with one attached hydrogen (secondary N) is 1. The van der Waals surface area contributed by atoms with Crippen LogP contribution in [0.25, 0.3) is 0 Å². The van der Waals surface area contributed by atoms with Crippen molar-refractivity contribution in [3.05, 3.63) is 35.1 Å². The molecule has 0 amide bonds. The van der Waals surface area contributed by atoms with Crippen LogP contribution in [-0.4, -0.2) is 30.6 Å². The van der Waals surface area contributed by atoms with Crippen LogP contribution in [0.4, 0.5) is 13.2 Å². The minimum atomic E-state index is -1.40. The Hall–Kier alpha value is -1.07. The molecule has 94 valence electrons. The van der Waals surface area contributed by atoms with Crippen LogP contribution in [0.2, 0.25) is 0 Å². The van der Waals surface area contributed by atoms with E-state index in [4.69, 9.17) is 0 Å². The number of hydrogen-bond donors (Lipinski definition) is 1. The van der Waals surface area contributed by atoms with E-state index in [1.165, 1.54) is 0 Å². The van der Waals surface area contributed by atoms with Gasteiger partial charge in [0.2, 0.25) is 0 Å². The average molecular weight is 244 g/mol. The minimum absolute atomic E-state index is 0.399. The topological polar surface area (TPSA) is 15.3 Å². The highest BCUT2D eigenvalue weighted by Gasteiger charge is 2.23. The number of halogens is 3. The number of benzene rings is 1. The summed E-state index contributed by atoms with van der Waals surface area (Å²) in [6, 6.07) is 2.52. The van der Waals surface area contributed by atoms with Crippen molar-refractivity contribution in [2.75, 3.05) is 19.6 Å². The van der Waals surface area contributed by atoms with Crippen LogP contribution in [-0.2, 0) is 6.54 Å². The summed E-state index contributed by atoms with van der Waals surface area (Å²) < 4.78 is 38.9. The fourth-order valence-corrected chi connectivity index (χ4v) is 1.96.